The molecule has 0 fully saturated rings. The Bertz CT molecular complexity index is 1060. The largest absolute Gasteiger partial charge is 0.493 e. The molecule has 0 spiro atoms. The van der Waals surface area contributed by atoms with Gasteiger partial charge in [0.2, 0.25) is 5.91 Å². The van der Waals surface area contributed by atoms with Crippen LogP contribution in [-0.4, -0.2) is 54.2 Å². The van der Waals surface area contributed by atoms with Crippen LogP contribution < -0.4 is 9.47 Å². The highest BCUT2D eigenvalue weighted by molar-refractivity contribution is 5.87. The maximum atomic E-state index is 13.8. The third kappa shape index (κ3) is 4.77. The second-order valence-corrected chi connectivity index (χ2v) is 9.58. The summed E-state index contributed by atoms with van der Waals surface area (Å²) in [6.45, 7) is 6.92. The number of carbonyl (C=O) groups is 2. The van der Waals surface area contributed by atoms with Crippen LogP contribution in [-0.2, 0) is 35.5 Å². The molecule has 2 aliphatic rings. The van der Waals surface area contributed by atoms with E-state index in [0.717, 1.165) is 28.7 Å². The minimum atomic E-state index is -0.638. The monoisotopic (exact) mass is 452 g/mol. The number of ether oxygens (including phenoxy) is 3. The van der Waals surface area contributed by atoms with E-state index in [4.69, 9.17) is 14.2 Å². The van der Waals surface area contributed by atoms with Crippen molar-refractivity contribution in [3.05, 3.63) is 58.7 Å². The molecule has 0 saturated carbocycles. The Morgan fingerprint density at radius 2 is 1.55 bits per heavy atom. The third-order valence-electron chi connectivity index (χ3n) is 6.19. The second-order valence-electron chi connectivity index (χ2n) is 9.58. The molecule has 7 heteroatoms. The fourth-order valence-corrected chi connectivity index (χ4v) is 4.54. The Morgan fingerprint density at radius 1 is 0.909 bits per heavy atom. The van der Waals surface area contributed by atoms with Crippen LogP contribution in [0, 0.1) is 0 Å². The van der Waals surface area contributed by atoms with Crippen LogP contribution in [0.25, 0.3) is 0 Å². The van der Waals surface area contributed by atoms with Crippen LogP contribution in [0.1, 0.15) is 43.0 Å². The van der Waals surface area contributed by atoms with E-state index in [1.165, 1.54) is 0 Å². The highest BCUT2D eigenvalue weighted by Crippen LogP contribution is 2.34. The molecule has 7 nitrogen and oxygen atoms in total. The molecule has 0 saturated heterocycles. The quantitative estimate of drug-likeness (QED) is 0.705. The van der Waals surface area contributed by atoms with Gasteiger partial charge in [-0.05, 0) is 61.6 Å². The summed E-state index contributed by atoms with van der Waals surface area (Å²) in [5, 5.41) is 0. The van der Waals surface area contributed by atoms with Crippen LogP contribution in [0.4, 0.5) is 4.79 Å². The van der Waals surface area contributed by atoms with E-state index < -0.39 is 17.7 Å². The number of nitrogens with zero attached hydrogens (tertiary/aromatic N) is 2. The van der Waals surface area contributed by atoms with Gasteiger partial charge in [0, 0.05) is 19.5 Å². The number of methoxy groups -OCH3 is 2. The number of hydrogen-bond acceptors (Lipinski definition) is 5. The zero-order valence-electron chi connectivity index (χ0n) is 20.0. The van der Waals surface area contributed by atoms with Crippen molar-refractivity contribution < 1.29 is 23.8 Å². The molecule has 4 rings (SSSR count). The number of amides is 2. The van der Waals surface area contributed by atoms with Gasteiger partial charge in [-0.25, -0.2) is 4.79 Å². The zero-order chi connectivity index (χ0) is 23.8. The van der Waals surface area contributed by atoms with Crippen molar-refractivity contribution in [2.45, 2.75) is 58.3 Å². The Kier molecular flexibility index (Phi) is 6.23. The first-order valence-corrected chi connectivity index (χ1v) is 11.3. The van der Waals surface area contributed by atoms with E-state index in [1.54, 1.807) is 19.1 Å². The lowest BCUT2D eigenvalue weighted by molar-refractivity contribution is -0.138. The molecule has 176 valence electrons. The van der Waals surface area contributed by atoms with Gasteiger partial charge in [-0.3, -0.25) is 9.69 Å². The van der Waals surface area contributed by atoms with Gasteiger partial charge >= 0.3 is 6.09 Å². The number of carbonyl (C=O) groups excluding carboxylic acids is 2. The van der Waals surface area contributed by atoms with E-state index in [2.05, 4.69) is 0 Å². The molecule has 0 unspecified atom stereocenters. The number of benzene rings is 2. The summed E-state index contributed by atoms with van der Waals surface area (Å²) in [5.74, 6) is 1.28. The Labute approximate surface area is 195 Å². The van der Waals surface area contributed by atoms with Crippen molar-refractivity contribution in [2.24, 2.45) is 0 Å². The molecule has 2 heterocycles. The van der Waals surface area contributed by atoms with Crippen molar-refractivity contribution in [3.8, 4) is 11.5 Å². The first-order chi connectivity index (χ1) is 15.7. The molecule has 2 aliphatic heterocycles. The van der Waals surface area contributed by atoms with Gasteiger partial charge in [-0.15, -0.1) is 0 Å². The normalized spacial score (nSPS) is 17.7. The average molecular weight is 453 g/mol. The summed E-state index contributed by atoms with van der Waals surface area (Å²) >= 11 is 0. The third-order valence-corrected chi connectivity index (χ3v) is 6.19. The molecule has 2 aromatic carbocycles. The molecular formula is C26H32N2O5. The lowest BCUT2D eigenvalue weighted by Gasteiger charge is -2.40. The molecule has 2 aromatic rings. The number of fused-ring (bicyclic) bond motifs is 2. The Balaban J connectivity index is 1.60. The molecule has 2 amide bonds. The minimum Gasteiger partial charge on any atom is -0.493 e. The molecule has 33 heavy (non-hydrogen) atoms. The smallest absolute Gasteiger partial charge is 0.411 e. The number of hydrogen-bond donors (Lipinski definition) is 0. The van der Waals surface area contributed by atoms with Gasteiger partial charge < -0.3 is 19.1 Å². The van der Waals surface area contributed by atoms with Crippen LogP contribution in [0.5, 0.6) is 11.5 Å². The molecule has 0 N–H and O–H groups in total. The Hall–Kier alpha value is -3.22. The van der Waals surface area contributed by atoms with Gasteiger partial charge in [0.25, 0.3) is 0 Å². The van der Waals surface area contributed by atoms with Crippen molar-refractivity contribution in [1.82, 2.24) is 9.80 Å². The predicted octanol–water partition coefficient (Wildman–Crippen LogP) is 3.95. The number of rotatable bonds is 3. The van der Waals surface area contributed by atoms with Gasteiger partial charge in [0.1, 0.15) is 11.6 Å². The van der Waals surface area contributed by atoms with E-state index in [1.807, 2.05) is 62.1 Å². The topological polar surface area (TPSA) is 68.3 Å². The SMILES string of the molecule is COc1cc2c(cc1OC)CN(C(=O)[C@@H]1Cc3ccccc3CN1C(=O)OC(C)(C)C)CC2. The highest BCUT2D eigenvalue weighted by Gasteiger charge is 2.39. The fraction of sp³-hybridized carbons (Fsp3) is 0.462. The van der Waals surface area contributed by atoms with Crippen LogP contribution in [0.15, 0.2) is 36.4 Å². The van der Waals surface area contributed by atoms with Crippen LogP contribution in [0.2, 0.25) is 0 Å². The summed E-state index contributed by atoms with van der Waals surface area (Å²) in [6.07, 6.45) is 0.736. The molecule has 1 atom stereocenters. The van der Waals surface area contributed by atoms with Crippen LogP contribution >= 0.6 is 0 Å². The first-order valence-electron chi connectivity index (χ1n) is 11.3. The molecule has 0 radical (unpaired) electrons. The van der Waals surface area contributed by atoms with Crippen LogP contribution in [0.3, 0.4) is 0 Å². The second kappa shape index (κ2) is 8.96. The molecule has 0 aliphatic carbocycles. The summed E-state index contributed by atoms with van der Waals surface area (Å²) in [6, 6.07) is 11.3. The van der Waals surface area contributed by atoms with Crippen molar-refractivity contribution in [1.29, 1.82) is 0 Å². The molecule has 0 bridgehead atoms. The predicted molar refractivity (Wildman–Crippen MR) is 124 cm³/mol. The maximum Gasteiger partial charge on any atom is 0.411 e. The van der Waals surface area contributed by atoms with Gasteiger partial charge in [-0.2, -0.15) is 0 Å². The van der Waals surface area contributed by atoms with Crippen molar-refractivity contribution >= 4 is 12.0 Å². The standard InChI is InChI=1S/C26H32N2O5/c1-26(2,3)33-25(30)28-16-19-9-7-6-8-17(19)12-21(28)24(29)27-11-10-18-13-22(31-4)23(32-5)14-20(18)15-27/h6-9,13-14,21H,10-12,15-16H2,1-5H3/t21-/m0/s1. The summed E-state index contributed by atoms with van der Waals surface area (Å²) in [7, 11) is 3.23. The zero-order valence-corrected chi connectivity index (χ0v) is 20.0. The summed E-state index contributed by atoms with van der Waals surface area (Å²) in [4.78, 5) is 30.2. The van der Waals surface area contributed by atoms with Crippen molar-refractivity contribution in [2.75, 3.05) is 20.8 Å². The van der Waals surface area contributed by atoms with E-state index in [9.17, 15) is 9.59 Å². The van der Waals surface area contributed by atoms with Crippen molar-refractivity contribution in [3.63, 3.8) is 0 Å². The minimum absolute atomic E-state index is 0.0594. The van der Waals surface area contributed by atoms with Gasteiger partial charge in [0.15, 0.2) is 11.5 Å². The summed E-state index contributed by atoms with van der Waals surface area (Å²) < 4.78 is 16.5. The first kappa shape index (κ1) is 23.0. The lowest BCUT2D eigenvalue weighted by Crippen LogP contribution is -2.55. The van der Waals surface area contributed by atoms with Gasteiger partial charge in [-0.1, -0.05) is 24.3 Å². The molecular weight excluding hydrogens is 420 g/mol. The summed E-state index contributed by atoms with van der Waals surface area (Å²) in [5.41, 5.74) is 3.69. The Morgan fingerprint density at radius 3 is 2.18 bits per heavy atom. The van der Waals surface area contributed by atoms with E-state index >= 15 is 0 Å². The highest BCUT2D eigenvalue weighted by atomic mass is 16.6. The maximum absolute atomic E-state index is 13.8. The van der Waals surface area contributed by atoms with E-state index in [0.29, 0.717) is 37.6 Å². The molecule has 0 aromatic heterocycles. The lowest BCUT2D eigenvalue weighted by atomic mass is 9.92. The average Bonchev–Trinajstić information content (AvgIpc) is 2.80. The van der Waals surface area contributed by atoms with E-state index in [-0.39, 0.29) is 5.91 Å². The van der Waals surface area contributed by atoms with Gasteiger partial charge in [0.05, 0.1) is 20.8 Å². The fourth-order valence-electron chi connectivity index (χ4n) is 4.54.